The molecule has 19 heavy (non-hydrogen) atoms. The number of hydrogen-bond donors (Lipinski definition) is 2. The molecule has 0 aromatic carbocycles. The van der Waals surface area contributed by atoms with E-state index >= 15 is 0 Å². The summed E-state index contributed by atoms with van der Waals surface area (Å²) in [5.41, 5.74) is 0.882. The molecule has 2 rings (SSSR count). The van der Waals surface area contributed by atoms with E-state index in [4.69, 9.17) is 5.11 Å². The monoisotopic (exact) mass is 283 g/mol. The highest BCUT2D eigenvalue weighted by atomic mass is 32.1. The first-order valence-electron chi connectivity index (χ1n) is 6.17. The molecular formula is C12H17N3O3S. The third kappa shape index (κ3) is 3.92. The number of carbonyl (C=O) groups is 2. The van der Waals surface area contributed by atoms with Crippen molar-refractivity contribution in [3.8, 4) is 0 Å². The summed E-state index contributed by atoms with van der Waals surface area (Å²) in [6, 6.07) is -0.386. The zero-order valence-corrected chi connectivity index (χ0v) is 11.8. The number of carboxylic acid groups (broad SMARTS) is 1. The lowest BCUT2D eigenvalue weighted by molar-refractivity contribution is -0.137. The first-order chi connectivity index (χ1) is 8.95. The molecule has 0 unspecified atom stereocenters. The van der Waals surface area contributed by atoms with E-state index in [1.807, 2.05) is 13.8 Å². The average Bonchev–Trinajstić information content (AvgIpc) is 3.05. The van der Waals surface area contributed by atoms with E-state index in [1.165, 1.54) is 16.2 Å². The molecule has 7 heteroatoms. The molecule has 1 heterocycles. The minimum absolute atomic E-state index is 0.272. The summed E-state index contributed by atoms with van der Waals surface area (Å²) in [7, 11) is 0. The minimum Gasteiger partial charge on any atom is -0.480 e. The predicted molar refractivity (Wildman–Crippen MR) is 72.5 cm³/mol. The van der Waals surface area contributed by atoms with Gasteiger partial charge in [0.15, 0.2) is 5.13 Å². The fourth-order valence-corrected chi connectivity index (χ4v) is 2.50. The van der Waals surface area contributed by atoms with Gasteiger partial charge in [-0.3, -0.25) is 10.1 Å². The van der Waals surface area contributed by atoms with E-state index in [-0.39, 0.29) is 12.6 Å². The van der Waals surface area contributed by atoms with Gasteiger partial charge >= 0.3 is 12.0 Å². The molecule has 1 aliphatic carbocycles. The number of aromatic nitrogens is 1. The van der Waals surface area contributed by atoms with Crippen LogP contribution in [0.5, 0.6) is 0 Å². The van der Waals surface area contributed by atoms with Crippen LogP contribution in [0.15, 0.2) is 0 Å². The van der Waals surface area contributed by atoms with Crippen LogP contribution in [0.25, 0.3) is 0 Å². The quantitative estimate of drug-likeness (QED) is 0.866. The zero-order chi connectivity index (χ0) is 14.0. The van der Waals surface area contributed by atoms with Gasteiger partial charge in [0.25, 0.3) is 0 Å². The smallest absolute Gasteiger partial charge is 0.324 e. The Morgan fingerprint density at radius 3 is 2.63 bits per heavy atom. The molecule has 1 aromatic rings. The average molecular weight is 283 g/mol. The van der Waals surface area contributed by atoms with Gasteiger partial charge < -0.3 is 10.0 Å². The summed E-state index contributed by atoms with van der Waals surface area (Å²) in [4.78, 5) is 29.4. The Morgan fingerprint density at radius 2 is 2.16 bits per heavy atom. The van der Waals surface area contributed by atoms with E-state index < -0.39 is 5.97 Å². The summed E-state index contributed by atoms with van der Waals surface area (Å²) in [5, 5.41) is 12.0. The van der Waals surface area contributed by atoms with Gasteiger partial charge in [-0.15, -0.1) is 11.3 Å². The lowest BCUT2D eigenvalue weighted by Crippen LogP contribution is -2.40. The highest BCUT2D eigenvalue weighted by Crippen LogP contribution is 2.30. The number of amides is 2. The molecule has 2 amide bonds. The Labute approximate surface area is 115 Å². The summed E-state index contributed by atoms with van der Waals surface area (Å²) < 4.78 is 0. The van der Waals surface area contributed by atoms with Crippen LogP contribution >= 0.6 is 11.3 Å². The number of aryl methyl sites for hydroxylation is 2. The van der Waals surface area contributed by atoms with Crippen LogP contribution in [0.3, 0.4) is 0 Å². The van der Waals surface area contributed by atoms with Crippen molar-refractivity contribution >= 4 is 28.5 Å². The lowest BCUT2D eigenvalue weighted by Gasteiger charge is -2.20. The van der Waals surface area contributed by atoms with Crippen LogP contribution in [0.4, 0.5) is 9.93 Å². The van der Waals surface area contributed by atoms with E-state index in [0.29, 0.717) is 17.6 Å². The van der Waals surface area contributed by atoms with Gasteiger partial charge in [0.2, 0.25) is 0 Å². The SMILES string of the molecule is Cc1nc(NC(=O)N(CC(=O)O)CC2CC2)sc1C. The second kappa shape index (κ2) is 5.56. The van der Waals surface area contributed by atoms with Crippen LogP contribution in [0.2, 0.25) is 0 Å². The number of anilines is 1. The van der Waals surface area contributed by atoms with E-state index in [0.717, 1.165) is 23.4 Å². The number of thiazole rings is 1. The highest BCUT2D eigenvalue weighted by molar-refractivity contribution is 7.15. The van der Waals surface area contributed by atoms with Crippen molar-refractivity contribution in [1.82, 2.24) is 9.88 Å². The lowest BCUT2D eigenvalue weighted by atomic mass is 10.4. The van der Waals surface area contributed by atoms with Crippen LogP contribution in [-0.4, -0.2) is 40.1 Å². The van der Waals surface area contributed by atoms with Gasteiger partial charge in [0.05, 0.1) is 5.69 Å². The molecule has 2 N–H and O–H groups in total. The van der Waals surface area contributed by atoms with Crippen molar-refractivity contribution in [2.24, 2.45) is 5.92 Å². The molecule has 1 saturated carbocycles. The summed E-state index contributed by atoms with van der Waals surface area (Å²) >= 11 is 1.40. The molecule has 104 valence electrons. The highest BCUT2D eigenvalue weighted by Gasteiger charge is 2.28. The standard InChI is InChI=1S/C12H17N3O3S/c1-7-8(2)19-11(13-7)14-12(18)15(6-10(16)17)5-9-3-4-9/h9H,3-6H2,1-2H3,(H,16,17)(H,13,14,18). The van der Waals surface area contributed by atoms with Crippen molar-refractivity contribution in [2.75, 3.05) is 18.4 Å². The minimum atomic E-state index is -0.998. The van der Waals surface area contributed by atoms with E-state index in [2.05, 4.69) is 10.3 Å². The van der Waals surface area contributed by atoms with Crippen LogP contribution in [-0.2, 0) is 4.79 Å². The largest absolute Gasteiger partial charge is 0.480 e. The van der Waals surface area contributed by atoms with Crippen molar-refractivity contribution < 1.29 is 14.7 Å². The maximum atomic E-state index is 12.1. The van der Waals surface area contributed by atoms with Crippen LogP contribution in [0.1, 0.15) is 23.4 Å². The summed E-state index contributed by atoms with van der Waals surface area (Å²) in [6.45, 7) is 4.04. The molecule has 1 fully saturated rings. The van der Waals surface area contributed by atoms with Gasteiger partial charge in [0.1, 0.15) is 6.54 Å². The van der Waals surface area contributed by atoms with Gasteiger partial charge in [-0.05, 0) is 32.6 Å². The molecule has 0 bridgehead atoms. The summed E-state index contributed by atoms with van der Waals surface area (Å²) in [5.74, 6) is -0.549. The first-order valence-corrected chi connectivity index (χ1v) is 6.99. The second-order valence-electron chi connectivity index (χ2n) is 4.81. The number of hydrogen-bond acceptors (Lipinski definition) is 4. The van der Waals surface area contributed by atoms with Gasteiger partial charge in [0, 0.05) is 11.4 Å². The van der Waals surface area contributed by atoms with Crippen molar-refractivity contribution in [3.05, 3.63) is 10.6 Å². The number of nitrogens with zero attached hydrogens (tertiary/aromatic N) is 2. The molecule has 1 aromatic heterocycles. The van der Waals surface area contributed by atoms with Crippen molar-refractivity contribution in [1.29, 1.82) is 0 Å². The normalized spacial score (nSPS) is 14.2. The fraction of sp³-hybridized carbons (Fsp3) is 0.583. The molecule has 0 radical (unpaired) electrons. The predicted octanol–water partition coefficient (Wildman–Crippen LogP) is 2.09. The van der Waals surface area contributed by atoms with Crippen molar-refractivity contribution in [3.63, 3.8) is 0 Å². The zero-order valence-electron chi connectivity index (χ0n) is 11.0. The number of aliphatic carboxylic acids is 1. The number of rotatable bonds is 5. The number of carboxylic acids is 1. The van der Waals surface area contributed by atoms with E-state index in [1.54, 1.807) is 0 Å². The van der Waals surface area contributed by atoms with Gasteiger partial charge in [-0.1, -0.05) is 0 Å². The topological polar surface area (TPSA) is 82.5 Å². The Bertz CT molecular complexity index is 477. The third-order valence-corrected chi connectivity index (χ3v) is 4.02. The molecule has 6 nitrogen and oxygen atoms in total. The molecule has 0 saturated heterocycles. The molecule has 0 atom stereocenters. The molecule has 0 spiro atoms. The number of nitrogens with one attached hydrogen (secondary N) is 1. The second-order valence-corrected chi connectivity index (χ2v) is 6.01. The van der Waals surface area contributed by atoms with Crippen molar-refractivity contribution in [2.45, 2.75) is 26.7 Å². The third-order valence-electron chi connectivity index (χ3n) is 3.03. The fourth-order valence-electron chi connectivity index (χ4n) is 1.69. The number of urea groups is 1. The van der Waals surface area contributed by atoms with Crippen LogP contribution < -0.4 is 5.32 Å². The van der Waals surface area contributed by atoms with Gasteiger partial charge in [-0.2, -0.15) is 0 Å². The maximum Gasteiger partial charge on any atom is 0.324 e. The Kier molecular flexibility index (Phi) is 4.04. The molecule has 1 aliphatic rings. The van der Waals surface area contributed by atoms with E-state index in [9.17, 15) is 9.59 Å². The first kappa shape index (κ1) is 13.8. The molecule has 0 aliphatic heterocycles. The maximum absolute atomic E-state index is 12.1. The summed E-state index contributed by atoms with van der Waals surface area (Å²) in [6.07, 6.45) is 2.14. The Hall–Kier alpha value is -1.63. The Balaban J connectivity index is 1.99. The number of carbonyl (C=O) groups excluding carboxylic acids is 1. The molecular weight excluding hydrogens is 266 g/mol. The van der Waals surface area contributed by atoms with Crippen LogP contribution in [0, 0.1) is 19.8 Å². The Morgan fingerprint density at radius 1 is 1.47 bits per heavy atom. The van der Waals surface area contributed by atoms with Gasteiger partial charge in [-0.25, -0.2) is 9.78 Å².